The number of aliphatic carboxylic acids is 1. The van der Waals surface area contributed by atoms with Crippen LogP contribution in [0.1, 0.15) is 29.6 Å². The average molecular weight is 361 g/mol. The molecule has 3 heterocycles. The molecule has 26 heavy (non-hydrogen) atoms. The second-order valence-electron chi connectivity index (χ2n) is 6.15. The molecule has 1 amide bonds. The maximum Gasteiger partial charge on any atom is 0.322 e. The van der Waals surface area contributed by atoms with Crippen molar-refractivity contribution in [3.05, 3.63) is 22.0 Å². The van der Waals surface area contributed by atoms with Gasteiger partial charge in [-0.2, -0.15) is 0 Å². The zero-order chi connectivity index (χ0) is 18.8. The summed E-state index contributed by atoms with van der Waals surface area (Å²) >= 11 is 0. The highest BCUT2D eigenvalue weighted by Gasteiger charge is 2.23. The minimum Gasteiger partial charge on any atom is -0.506 e. The van der Waals surface area contributed by atoms with Crippen LogP contribution in [0.25, 0.3) is 11.0 Å². The Labute approximate surface area is 148 Å². The molecule has 0 atom stereocenters. The van der Waals surface area contributed by atoms with Crippen molar-refractivity contribution in [3.8, 4) is 5.75 Å². The molecule has 10 nitrogen and oxygen atoms in total. The van der Waals surface area contributed by atoms with Crippen molar-refractivity contribution in [2.24, 2.45) is 7.05 Å². The fraction of sp³-hybridized carbons (Fsp3) is 0.438. The SMILES string of the molecule is Cn1c(=O)c(C(=O)NCC(=O)O)c(O)c2cc(N3CCCCC3)nnc21. The average Bonchev–Trinajstić information content (AvgIpc) is 2.65. The minimum atomic E-state index is -1.26. The van der Waals surface area contributed by atoms with Crippen molar-refractivity contribution in [2.45, 2.75) is 19.3 Å². The predicted molar refractivity (Wildman–Crippen MR) is 92.5 cm³/mol. The molecule has 0 aromatic carbocycles. The van der Waals surface area contributed by atoms with E-state index >= 15 is 0 Å². The van der Waals surface area contributed by atoms with Gasteiger partial charge < -0.3 is 20.4 Å². The topological polar surface area (TPSA) is 138 Å². The van der Waals surface area contributed by atoms with E-state index < -0.39 is 35.3 Å². The van der Waals surface area contributed by atoms with E-state index in [0.29, 0.717) is 5.82 Å². The highest BCUT2D eigenvalue weighted by atomic mass is 16.4. The van der Waals surface area contributed by atoms with Gasteiger partial charge >= 0.3 is 5.97 Å². The number of nitrogens with zero attached hydrogens (tertiary/aromatic N) is 4. The molecule has 0 radical (unpaired) electrons. The van der Waals surface area contributed by atoms with Gasteiger partial charge in [-0.25, -0.2) is 0 Å². The van der Waals surface area contributed by atoms with Gasteiger partial charge in [0.2, 0.25) is 0 Å². The van der Waals surface area contributed by atoms with E-state index in [1.165, 1.54) is 7.05 Å². The zero-order valence-electron chi connectivity index (χ0n) is 14.2. The predicted octanol–water partition coefficient (Wildman–Crippen LogP) is -0.161. The Morgan fingerprint density at radius 3 is 2.58 bits per heavy atom. The number of pyridine rings is 1. The fourth-order valence-electron chi connectivity index (χ4n) is 3.02. The van der Waals surface area contributed by atoms with Crippen LogP contribution in [0.3, 0.4) is 0 Å². The highest BCUT2D eigenvalue weighted by Crippen LogP contribution is 2.28. The number of amides is 1. The lowest BCUT2D eigenvalue weighted by Crippen LogP contribution is -2.35. The Bertz CT molecular complexity index is 933. The monoisotopic (exact) mass is 361 g/mol. The Morgan fingerprint density at radius 1 is 1.23 bits per heavy atom. The molecular weight excluding hydrogens is 342 g/mol. The number of nitrogens with one attached hydrogen (secondary N) is 1. The number of anilines is 1. The smallest absolute Gasteiger partial charge is 0.322 e. The molecule has 3 N–H and O–H groups in total. The van der Waals surface area contributed by atoms with Gasteiger partial charge in [0.05, 0.1) is 5.39 Å². The van der Waals surface area contributed by atoms with Crippen LogP contribution in [-0.4, -0.2) is 56.5 Å². The summed E-state index contributed by atoms with van der Waals surface area (Å²) < 4.78 is 1.11. The van der Waals surface area contributed by atoms with Gasteiger partial charge in [-0.05, 0) is 25.3 Å². The molecule has 0 saturated carbocycles. The van der Waals surface area contributed by atoms with Crippen LogP contribution in [0.15, 0.2) is 10.9 Å². The molecule has 2 aromatic heterocycles. The third-order valence-corrected chi connectivity index (χ3v) is 4.40. The number of carbonyl (C=O) groups is 2. The number of carboxylic acids is 1. The summed E-state index contributed by atoms with van der Waals surface area (Å²) in [7, 11) is 1.41. The first-order valence-corrected chi connectivity index (χ1v) is 8.24. The first kappa shape index (κ1) is 17.6. The van der Waals surface area contributed by atoms with Crippen molar-refractivity contribution >= 4 is 28.7 Å². The number of hydrogen-bond acceptors (Lipinski definition) is 7. The number of rotatable bonds is 4. The summed E-state index contributed by atoms with van der Waals surface area (Å²) in [5.41, 5.74) is -1.15. The quantitative estimate of drug-likeness (QED) is 0.683. The van der Waals surface area contributed by atoms with Crippen molar-refractivity contribution in [2.75, 3.05) is 24.5 Å². The van der Waals surface area contributed by atoms with Crippen LogP contribution in [0.5, 0.6) is 5.75 Å². The standard InChI is InChI=1S/C16H19N5O5/c1-20-14-9(7-10(18-19-14)21-5-3-2-4-6-21)13(24)12(16(20)26)15(25)17-8-11(22)23/h7,24H,2-6,8H2,1H3,(H,17,25)(H,22,23). The van der Waals surface area contributed by atoms with Crippen LogP contribution in [-0.2, 0) is 11.8 Å². The van der Waals surface area contributed by atoms with Gasteiger partial charge in [0, 0.05) is 20.1 Å². The Kier molecular flexibility index (Phi) is 4.74. The number of carboxylic acid groups (broad SMARTS) is 1. The lowest BCUT2D eigenvalue weighted by Gasteiger charge is -2.27. The molecule has 138 valence electrons. The molecule has 0 aliphatic carbocycles. The summed E-state index contributed by atoms with van der Waals surface area (Å²) in [5.74, 6) is -2.18. The van der Waals surface area contributed by atoms with E-state index in [-0.39, 0.29) is 11.0 Å². The number of aromatic hydroxyl groups is 1. The first-order valence-electron chi connectivity index (χ1n) is 8.24. The summed E-state index contributed by atoms with van der Waals surface area (Å²) in [6.45, 7) is 0.977. The molecular formula is C16H19N5O5. The highest BCUT2D eigenvalue weighted by molar-refractivity contribution is 6.02. The van der Waals surface area contributed by atoms with Gasteiger partial charge in [0.15, 0.2) is 11.5 Å². The zero-order valence-corrected chi connectivity index (χ0v) is 14.2. The third-order valence-electron chi connectivity index (χ3n) is 4.40. The summed E-state index contributed by atoms with van der Waals surface area (Å²) in [4.78, 5) is 37.2. The van der Waals surface area contributed by atoms with E-state index in [9.17, 15) is 19.5 Å². The number of aromatic nitrogens is 3. The van der Waals surface area contributed by atoms with E-state index in [2.05, 4.69) is 15.5 Å². The Balaban J connectivity index is 2.09. The van der Waals surface area contributed by atoms with Gasteiger partial charge in [-0.15, -0.1) is 10.2 Å². The molecule has 1 aliphatic rings. The molecule has 0 unspecified atom stereocenters. The molecule has 0 spiro atoms. The summed E-state index contributed by atoms with van der Waals surface area (Å²) in [6.07, 6.45) is 3.20. The summed E-state index contributed by atoms with van der Waals surface area (Å²) in [5, 5.41) is 29.7. The maximum atomic E-state index is 12.4. The van der Waals surface area contributed by atoms with Gasteiger partial charge in [-0.3, -0.25) is 19.0 Å². The van der Waals surface area contributed by atoms with Crippen LogP contribution >= 0.6 is 0 Å². The lowest BCUT2D eigenvalue weighted by molar-refractivity contribution is -0.135. The molecule has 3 rings (SSSR count). The molecule has 1 aliphatic heterocycles. The van der Waals surface area contributed by atoms with Gasteiger partial charge in [-0.1, -0.05) is 0 Å². The summed E-state index contributed by atoms with van der Waals surface area (Å²) in [6, 6.07) is 1.59. The maximum absolute atomic E-state index is 12.4. The fourth-order valence-corrected chi connectivity index (χ4v) is 3.02. The number of fused-ring (bicyclic) bond motifs is 1. The molecule has 1 saturated heterocycles. The molecule has 1 fully saturated rings. The molecule has 2 aromatic rings. The van der Waals surface area contributed by atoms with Crippen LogP contribution in [0.4, 0.5) is 5.82 Å². The Hall–Kier alpha value is -3.17. The van der Waals surface area contributed by atoms with E-state index in [1.54, 1.807) is 6.07 Å². The van der Waals surface area contributed by atoms with Gasteiger partial charge in [0.25, 0.3) is 11.5 Å². The van der Waals surface area contributed by atoms with Crippen molar-refractivity contribution in [3.63, 3.8) is 0 Å². The minimum absolute atomic E-state index is 0.142. The van der Waals surface area contributed by atoms with Crippen LogP contribution in [0, 0.1) is 0 Å². The number of carbonyl (C=O) groups excluding carboxylic acids is 1. The van der Waals surface area contributed by atoms with Crippen LogP contribution < -0.4 is 15.8 Å². The second kappa shape index (κ2) is 6.98. The second-order valence-corrected chi connectivity index (χ2v) is 6.15. The Morgan fingerprint density at radius 2 is 1.92 bits per heavy atom. The molecule has 10 heteroatoms. The largest absolute Gasteiger partial charge is 0.506 e. The van der Waals surface area contributed by atoms with E-state index in [1.807, 2.05) is 4.90 Å². The van der Waals surface area contributed by atoms with Crippen LogP contribution in [0.2, 0.25) is 0 Å². The van der Waals surface area contributed by atoms with E-state index in [4.69, 9.17) is 5.11 Å². The molecule has 0 bridgehead atoms. The van der Waals surface area contributed by atoms with E-state index in [0.717, 1.165) is 36.9 Å². The third kappa shape index (κ3) is 3.17. The van der Waals surface area contributed by atoms with Crippen molar-refractivity contribution < 1.29 is 19.8 Å². The number of piperidine rings is 1. The first-order chi connectivity index (χ1) is 12.4. The van der Waals surface area contributed by atoms with Gasteiger partial charge in [0.1, 0.15) is 17.9 Å². The lowest BCUT2D eigenvalue weighted by atomic mass is 10.1. The van der Waals surface area contributed by atoms with Crippen molar-refractivity contribution in [1.29, 1.82) is 0 Å². The number of aryl methyl sites for hydroxylation is 1. The van der Waals surface area contributed by atoms with Crippen molar-refractivity contribution in [1.82, 2.24) is 20.1 Å². The number of hydrogen-bond donors (Lipinski definition) is 3. The normalized spacial score (nSPS) is 14.4.